The van der Waals surface area contributed by atoms with Gasteiger partial charge in [0.1, 0.15) is 5.82 Å². The van der Waals surface area contributed by atoms with Crippen molar-refractivity contribution in [3.63, 3.8) is 0 Å². The first kappa shape index (κ1) is 17.4. The summed E-state index contributed by atoms with van der Waals surface area (Å²) >= 11 is 0. The molecule has 0 spiro atoms. The maximum Gasteiger partial charge on any atom is 0.225 e. The Bertz CT molecular complexity index is 1160. The number of rotatable bonds is 6. The van der Waals surface area contributed by atoms with Gasteiger partial charge in [-0.3, -0.25) is 4.90 Å². The lowest BCUT2D eigenvalue weighted by atomic mass is 10.1. The highest BCUT2D eigenvalue weighted by Crippen LogP contribution is 2.24. The third-order valence-corrected chi connectivity index (χ3v) is 5.06. The number of anilines is 2. The van der Waals surface area contributed by atoms with Gasteiger partial charge < -0.3 is 20.9 Å². The largest absolute Gasteiger partial charge is 0.461 e. The van der Waals surface area contributed by atoms with Gasteiger partial charge in [-0.25, -0.2) is 4.98 Å². The molecule has 1 aliphatic rings. The van der Waals surface area contributed by atoms with E-state index in [4.69, 9.17) is 15.6 Å². The second kappa shape index (κ2) is 7.02. The van der Waals surface area contributed by atoms with E-state index >= 15 is 0 Å². The molecular weight excluding hydrogens is 368 g/mol. The van der Waals surface area contributed by atoms with Gasteiger partial charge in [0, 0.05) is 32.4 Å². The summed E-state index contributed by atoms with van der Waals surface area (Å²) in [5.74, 6) is 1.66. The molecule has 1 aromatic carbocycles. The molecule has 5 rings (SSSR count). The summed E-state index contributed by atoms with van der Waals surface area (Å²) in [7, 11) is 0. The molecule has 0 unspecified atom stereocenters. The number of fused-ring (bicyclic) bond motifs is 2. The molecule has 9 heteroatoms. The third-order valence-electron chi connectivity index (χ3n) is 5.06. The van der Waals surface area contributed by atoms with Crippen molar-refractivity contribution in [1.82, 2.24) is 24.5 Å². The summed E-state index contributed by atoms with van der Waals surface area (Å²) in [6.07, 6.45) is 2.78. The van der Waals surface area contributed by atoms with Gasteiger partial charge >= 0.3 is 0 Å². The second-order valence-electron chi connectivity index (χ2n) is 6.93. The number of hydrogen-bond donors (Lipinski definition) is 3. The van der Waals surface area contributed by atoms with Crippen LogP contribution in [0.4, 0.5) is 11.8 Å². The maximum absolute atomic E-state index is 7.85. The van der Waals surface area contributed by atoms with Crippen molar-refractivity contribution in [2.45, 2.75) is 13.1 Å². The molecule has 4 aromatic rings. The van der Waals surface area contributed by atoms with Gasteiger partial charge in [0.2, 0.25) is 11.8 Å². The minimum atomic E-state index is 0.201. The minimum absolute atomic E-state index is 0.201. The molecule has 0 saturated heterocycles. The number of hydrogen-bond acceptors (Lipinski definition) is 8. The predicted molar refractivity (Wildman–Crippen MR) is 110 cm³/mol. The van der Waals surface area contributed by atoms with E-state index in [0.717, 1.165) is 19.6 Å². The van der Waals surface area contributed by atoms with E-state index in [2.05, 4.69) is 49.5 Å². The van der Waals surface area contributed by atoms with Crippen LogP contribution in [-0.2, 0) is 13.1 Å². The Morgan fingerprint density at radius 3 is 2.62 bits per heavy atom. The lowest BCUT2D eigenvalue weighted by Gasteiger charge is -2.16. The smallest absolute Gasteiger partial charge is 0.225 e. The summed E-state index contributed by atoms with van der Waals surface area (Å²) in [6.45, 7) is 3.42. The molecule has 0 amide bonds. The van der Waals surface area contributed by atoms with E-state index in [1.54, 1.807) is 18.4 Å². The fraction of sp³-hybridized carbons (Fsp3) is 0.200. The Hall–Kier alpha value is -3.72. The summed E-state index contributed by atoms with van der Waals surface area (Å²) in [4.78, 5) is 11.3. The van der Waals surface area contributed by atoms with Crippen LogP contribution in [0.2, 0.25) is 0 Å². The second-order valence-corrected chi connectivity index (χ2v) is 6.93. The van der Waals surface area contributed by atoms with Gasteiger partial charge in [0.05, 0.1) is 11.8 Å². The van der Waals surface area contributed by atoms with Gasteiger partial charge in [-0.15, -0.1) is 5.10 Å². The van der Waals surface area contributed by atoms with Crippen molar-refractivity contribution in [2.24, 2.45) is 0 Å². The zero-order valence-corrected chi connectivity index (χ0v) is 15.7. The average molecular weight is 388 g/mol. The molecule has 9 nitrogen and oxygen atoms in total. The zero-order valence-electron chi connectivity index (χ0n) is 15.7. The number of nitrogens with zero attached hydrogens (tertiary/aromatic N) is 5. The van der Waals surface area contributed by atoms with Crippen LogP contribution in [0, 0.1) is 5.41 Å². The quantitative estimate of drug-likeness (QED) is 0.434. The lowest BCUT2D eigenvalue weighted by Crippen LogP contribution is -2.25. The van der Waals surface area contributed by atoms with Crippen LogP contribution >= 0.6 is 0 Å². The first-order valence-electron chi connectivity index (χ1n) is 9.36. The number of aromatic nitrogens is 4. The van der Waals surface area contributed by atoms with Crippen LogP contribution in [0.5, 0.6) is 0 Å². The number of benzene rings is 1. The molecule has 0 bridgehead atoms. The van der Waals surface area contributed by atoms with E-state index in [9.17, 15) is 0 Å². The topological polar surface area (TPSA) is 121 Å². The molecular formula is C20H20N8O. The van der Waals surface area contributed by atoms with E-state index in [0.29, 0.717) is 35.2 Å². The Morgan fingerprint density at radius 1 is 1.14 bits per heavy atom. The third kappa shape index (κ3) is 3.11. The van der Waals surface area contributed by atoms with Crippen LogP contribution < -0.4 is 11.1 Å². The summed E-state index contributed by atoms with van der Waals surface area (Å²) in [6, 6.07) is 12.0. The van der Waals surface area contributed by atoms with Gasteiger partial charge in [-0.2, -0.15) is 9.50 Å². The minimum Gasteiger partial charge on any atom is -0.461 e. The Kier molecular flexibility index (Phi) is 4.21. The molecule has 146 valence electrons. The zero-order chi connectivity index (χ0) is 19.8. The fourth-order valence-electron chi connectivity index (χ4n) is 3.65. The van der Waals surface area contributed by atoms with Gasteiger partial charge in [-0.1, -0.05) is 24.3 Å². The highest BCUT2D eigenvalue weighted by atomic mass is 16.3. The first-order chi connectivity index (χ1) is 14.2. The first-order valence-corrected chi connectivity index (χ1v) is 9.36. The summed E-state index contributed by atoms with van der Waals surface area (Å²) in [5, 5.41) is 15.5. The van der Waals surface area contributed by atoms with Crippen LogP contribution in [-0.4, -0.2) is 43.8 Å². The SMILES string of the molecule is N=Cc1c(NCCN2Cc3ccccc3C2)nc(N)n2nc(-c3ccco3)nc12. The molecule has 4 N–H and O–H groups in total. The van der Waals surface area contributed by atoms with Crippen molar-refractivity contribution >= 4 is 23.6 Å². The number of nitrogens with one attached hydrogen (secondary N) is 2. The van der Waals surface area contributed by atoms with Gasteiger partial charge in [0.25, 0.3) is 0 Å². The monoisotopic (exact) mass is 388 g/mol. The van der Waals surface area contributed by atoms with Crippen molar-refractivity contribution in [2.75, 3.05) is 24.1 Å². The predicted octanol–water partition coefficient (Wildman–Crippen LogP) is 2.39. The molecule has 4 heterocycles. The summed E-state index contributed by atoms with van der Waals surface area (Å²) in [5.41, 5.74) is 9.86. The lowest BCUT2D eigenvalue weighted by molar-refractivity contribution is 0.296. The Labute approximate surface area is 166 Å². The summed E-state index contributed by atoms with van der Waals surface area (Å²) < 4.78 is 6.79. The van der Waals surface area contributed by atoms with Crippen molar-refractivity contribution in [3.05, 3.63) is 59.4 Å². The molecule has 29 heavy (non-hydrogen) atoms. The molecule has 0 fully saturated rings. The van der Waals surface area contributed by atoms with Crippen LogP contribution in [0.3, 0.4) is 0 Å². The Balaban J connectivity index is 1.35. The van der Waals surface area contributed by atoms with Gasteiger partial charge in [-0.05, 0) is 23.3 Å². The van der Waals surface area contributed by atoms with Crippen molar-refractivity contribution in [1.29, 1.82) is 5.41 Å². The molecule has 0 saturated carbocycles. The average Bonchev–Trinajstić information content (AvgIpc) is 3.46. The van der Waals surface area contributed by atoms with E-state index in [1.165, 1.54) is 21.9 Å². The molecule has 1 aliphatic heterocycles. The highest BCUT2D eigenvalue weighted by Gasteiger charge is 2.19. The number of nitrogen functional groups attached to an aromatic ring is 1. The van der Waals surface area contributed by atoms with Crippen LogP contribution in [0.15, 0.2) is 47.1 Å². The van der Waals surface area contributed by atoms with E-state index in [-0.39, 0.29) is 5.95 Å². The van der Waals surface area contributed by atoms with Crippen molar-refractivity contribution < 1.29 is 4.42 Å². The molecule has 0 atom stereocenters. The number of nitrogens with two attached hydrogens (primary N) is 1. The fourth-order valence-corrected chi connectivity index (χ4v) is 3.65. The van der Waals surface area contributed by atoms with Crippen LogP contribution in [0.25, 0.3) is 17.2 Å². The molecule has 0 aliphatic carbocycles. The standard InChI is InChI=1S/C20H20N8O/c21-10-15-17(23-7-8-27-11-13-4-1-2-5-14(13)12-27)25-20(22)28-19(15)24-18(26-28)16-6-3-9-29-16/h1-6,9-10,21,23H,7-8,11-12H2,(H2,22,25). The normalized spacial score (nSPS) is 13.7. The molecule has 3 aromatic heterocycles. The van der Waals surface area contributed by atoms with E-state index in [1.807, 2.05) is 0 Å². The van der Waals surface area contributed by atoms with Crippen LogP contribution in [0.1, 0.15) is 16.7 Å². The Morgan fingerprint density at radius 2 is 1.93 bits per heavy atom. The highest BCUT2D eigenvalue weighted by molar-refractivity contribution is 5.93. The van der Waals surface area contributed by atoms with E-state index < -0.39 is 0 Å². The van der Waals surface area contributed by atoms with Crippen molar-refractivity contribution in [3.8, 4) is 11.6 Å². The van der Waals surface area contributed by atoms with Gasteiger partial charge in [0.15, 0.2) is 11.4 Å². The maximum atomic E-state index is 7.85. The number of furan rings is 1. The molecule has 0 radical (unpaired) electrons.